The van der Waals surface area contributed by atoms with Crippen molar-refractivity contribution in [2.75, 3.05) is 11.4 Å². The van der Waals surface area contributed by atoms with Crippen molar-refractivity contribution >= 4 is 27.8 Å². The summed E-state index contributed by atoms with van der Waals surface area (Å²) in [5, 5.41) is 7.18. The zero-order chi connectivity index (χ0) is 15.1. The number of halogens is 2. The van der Waals surface area contributed by atoms with Gasteiger partial charge in [-0.25, -0.2) is 9.18 Å². The number of anilines is 1. The first-order valence-electron chi connectivity index (χ1n) is 5.47. The number of carbonyl (C=O) groups is 2. The van der Waals surface area contributed by atoms with Gasteiger partial charge in [-0.1, -0.05) is 0 Å². The number of carbonyl (C=O) groups excluding carboxylic acids is 1. The van der Waals surface area contributed by atoms with Crippen LogP contribution in [0.3, 0.4) is 0 Å². The molecule has 0 aliphatic carbocycles. The van der Waals surface area contributed by atoms with Crippen molar-refractivity contribution in [1.29, 1.82) is 0 Å². The molecule has 20 heavy (non-hydrogen) atoms. The lowest BCUT2D eigenvalue weighted by Crippen LogP contribution is -2.27. The lowest BCUT2D eigenvalue weighted by atomic mass is 10.2. The third-order valence-corrected chi connectivity index (χ3v) is 4.09. The van der Waals surface area contributed by atoms with Gasteiger partial charge in [0.25, 0.3) is 0 Å². The fourth-order valence-electron chi connectivity index (χ4n) is 1.96. The smallest absolute Gasteiger partial charge is 0.338 e. The van der Waals surface area contributed by atoms with E-state index in [0.29, 0.717) is 0 Å². The van der Waals surface area contributed by atoms with Gasteiger partial charge in [-0.3, -0.25) is 4.79 Å². The second-order valence-corrected chi connectivity index (χ2v) is 5.89. The molecule has 1 saturated heterocycles. The molecule has 1 aliphatic heterocycles. The van der Waals surface area contributed by atoms with E-state index in [2.05, 4.69) is 0 Å². The Bertz CT molecular complexity index is 688. The average molecular weight is 305 g/mol. The quantitative estimate of drug-likeness (QED) is 0.839. The lowest BCUT2D eigenvalue weighted by Gasteiger charge is -2.16. The molecule has 1 heterocycles. The summed E-state index contributed by atoms with van der Waals surface area (Å²) < 4.78 is 47.9. The zero-order valence-corrected chi connectivity index (χ0v) is 10.7. The second-order valence-electron chi connectivity index (χ2n) is 4.28. The Labute approximate surface area is 112 Å². The highest BCUT2D eigenvalue weighted by Gasteiger charge is 2.39. The molecular formula is C11H9F2NO5S. The Balaban J connectivity index is 2.31. The Morgan fingerprint density at radius 1 is 1.40 bits per heavy atom. The number of hydrogen-bond donors (Lipinski definition) is 1. The van der Waals surface area contributed by atoms with Crippen LogP contribution in [0.15, 0.2) is 18.2 Å². The molecule has 0 bridgehead atoms. The molecule has 1 unspecified atom stereocenters. The summed E-state index contributed by atoms with van der Waals surface area (Å²) in [6.45, 7) is -0.427. The van der Waals surface area contributed by atoms with Crippen LogP contribution < -0.4 is 4.90 Å². The van der Waals surface area contributed by atoms with Crippen molar-refractivity contribution in [2.24, 2.45) is 0 Å². The maximum absolute atomic E-state index is 13.5. The first-order valence-corrected chi connectivity index (χ1v) is 6.91. The summed E-state index contributed by atoms with van der Waals surface area (Å²) in [4.78, 5) is 23.2. The number of nitrogens with zero attached hydrogens (tertiary/aromatic N) is 1. The van der Waals surface area contributed by atoms with Crippen LogP contribution in [-0.4, -0.2) is 37.2 Å². The number of benzene rings is 1. The first kappa shape index (κ1) is 14.4. The Morgan fingerprint density at radius 2 is 2.05 bits per heavy atom. The molecule has 1 aromatic carbocycles. The van der Waals surface area contributed by atoms with Gasteiger partial charge in [-0.05, 0) is 18.2 Å². The second kappa shape index (κ2) is 4.82. The lowest BCUT2D eigenvalue weighted by molar-refractivity contribution is -0.117. The van der Waals surface area contributed by atoms with Gasteiger partial charge in [0.2, 0.25) is 5.91 Å². The normalized spacial score (nSPS) is 19.4. The summed E-state index contributed by atoms with van der Waals surface area (Å²) in [5.41, 5.74) is -0.585. The molecule has 108 valence electrons. The number of amides is 1. The molecule has 0 spiro atoms. The van der Waals surface area contributed by atoms with Crippen LogP contribution in [0.1, 0.15) is 16.8 Å². The van der Waals surface area contributed by atoms with Gasteiger partial charge in [-0.2, -0.15) is 8.42 Å². The van der Waals surface area contributed by atoms with Crippen LogP contribution in [0.2, 0.25) is 0 Å². The van der Waals surface area contributed by atoms with Crippen molar-refractivity contribution < 1.29 is 31.4 Å². The minimum Gasteiger partial charge on any atom is -0.478 e. The monoisotopic (exact) mass is 305 g/mol. The molecule has 2 rings (SSSR count). The van der Waals surface area contributed by atoms with E-state index < -0.39 is 51.7 Å². The van der Waals surface area contributed by atoms with E-state index in [1.54, 1.807) is 0 Å². The number of carboxylic acids is 1. The number of rotatable bonds is 3. The summed E-state index contributed by atoms with van der Waals surface area (Å²) in [6, 6.07) is 2.92. The van der Waals surface area contributed by atoms with Crippen LogP contribution >= 0.6 is 0 Å². The van der Waals surface area contributed by atoms with E-state index in [4.69, 9.17) is 5.11 Å². The summed E-state index contributed by atoms with van der Waals surface area (Å²) >= 11 is 0. The van der Waals surface area contributed by atoms with Gasteiger partial charge in [0.05, 0.1) is 5.56 Å². The van der Waals surface area contributed by atoms with Crippen molar-refractivity contribution in [3.05, 3.63) is 29.6 Å². The van der Waals surface area contributed by atoms with Crippen molar-refractivity contribution in [3.63, 3.8) is 0 Å². The molecule has 1 fully saturated rings. The third kappa shape index (κ3) is 2.62. The van der Waals surface area contributed by atoms with E-state index in [-0.39, 0.29) is 5.69 Å². The molecule has 6 nitrogen and oxygen atoms in total. The average Bonchev–Trinajstić information content (AvgIpc) is 2.70. The fraction of sp³-hybridized carbons (Fsp3) is 0.273. The topological polar surface area (TPSA) is 91.8 Å². The zero-order valence-electron chi connectivity index (χ0n) is 9.92. The van der Waals surface area contributed by atoms with Gasteiger partial charge in [0.15, 0.2) is 0 Å². The standard InChI is InChI=1S/C11H9F2NO5S/c12-9-3-6(1-2-8(9)11(16)17)14-5-7(4-10(14)15)20(13,18)19/h1-3,7H,4-5H2,(H,16,17). The predicted octanol–water partition coefficient (Wildman–Crippen LogP) is 0.929. The maximum Gasteiger partial charge on any atom is 0.338 e. The highest BCUT2D eigenvalue weighted by Crippen LogP contribution is 2.27. The first-order chi connectivity index (χ1) is 9.20. The molecule has 9 heteroatoms. The molecule has 0 aromatic heterocycles. The minimum atomic E-state index is -4.86. The summed E-state index contributed by atoms with van der Waals surface area (Å²) in [7, 11) is -4.86. The Morgan fingerprint density at radius 3 is 2.50 bits per heavy atom. The van der Waals surface area contributed by atoms with E-state index in [1.165, 1.54) is 0 Å². The van der Waals surface area contributed by atoms with Crippen LogP contribution in [0.25, 0.3) is 0 Å². The molecule has 1 amide bonds. The predicted molar refractivity (Wildman–Crippen MR) is 64.1 cm³/mol. The van der Waals surface area contributed by atoms with Gasteiger partial charge < -0.3 is 10.0 Å². The van der Waals surface area contributed by atoms with Crippen molar-refractivity contribution in [2.45, 2.75) is 11.7 Å². The number of aromatic carboxylic acids is 1. The van der Waals surface area contributed by atoms with Crippen LogP contribution in [0, 0.1) is 5.82 Å². The summed E-state index contributed by atoms with van der Waals surface area (Å²) in [5.74, 6) is -3.20. The van der Waals surface area contributed by atoms with Crippen molar-refractivity contribution in [1.82, 2.24) is 0 Å². The van der Waals surface area contributed by atoms with Crippen LogP contribution in [0.5, 0.6) is 0 Å². The van der Waals surface area contributed by atoms with E-state index in [1.807, 2.05) is 0 Å². The molecule has 1 aromatic rings. The number of hydrogen-bond acceptors (Lipinski definition) is 4. The Hall–Kier alpha value is -2.03. The van der Waals surface area contributed by atoms with Crippen molar-refractivity contribution in [3.8, 4) is 0 Å². The minimum absolute atomic E-state index is 0.0105. The highest BCUT2D eigenvalue weighted by atomic mass is 32.3. The van der Waals surface area contributed by atoms with Crippen LogP contribution in [-0.2, 0) is 15.0 Å². The third-order valence-electron chi connectivity index (χ3n) is 2.98. The Kier molecular flexibility index (Phi) is 3.46. The maximum atomic E-state index is 13.5. The number of carboxylic acid groups (broad SMARTS) is 1. The van der Waals surface area contributed by atoms with Gasteiger partial charge >= 0.3 is 16.2 Å². The molecule has 1 atom stereocenters. The molecule has 0 radical (unpaired) electrons. The van der Waals surface area contributed by atoms with Crippen LogP contribution in [0.4, 0.5) is 14.0 Å². The summed E-state index contributed by atoms with van der Waals surface area (Å²) in [6.07, 6.45) is -0.527. The van der Waals surface area contributed by atoms with Gasteiger partial charge in [0.1, 0.15) is 11.1 Å². The molecule has 0 saturated carbocycles. The molecule has 1 N–H and O–H groups in total. The SMILES string of the molecule is O=C(O)c1ccc(N2CC(S(=O)(=O)F)CC2=O)cc1F. The molecular weight excluding hydrogens is 296 g/mol. The largest absolute Gasteiger partial charge is 0.478 e. The van der Waals surface area contributed by atoms with Gasteiger partial charge in [0, 0.05) is 18.7 Å². The van der Waals surface area contributed by atoms with Gasteiger partial charge in [-0.15, -0.1) is 3.89 Å². The van der Waals surface area contributed by atoms with E-state index in [0.717, 1.165) is 23.1 Å². The highest BCUT2D eigenvalue weighted by molar-refractivity contribution is 7.87. The van der Waals surface area contributed by atoms with E-state index in [9.17, 15) is 26.3 Å². The fourth-order valence-corrected chi connectivity index (χ4v) is 2.63. The molecule has 1 aliphatic rings. The van der Waals surface area contributed by atoms with E-state index >= 15 is 0 Å².